The van der Waals surface area contributed by atoms with Crippen LogP contribution in [0.3, 0.4) is 0 Å². The molecule has 1 aromatic carbocycles. The minimum Gasteiger partial charge on any atom is -0.326 e. The van der Waals surface area contributed by atoms with Crippen molar-refractivity contribution in [2.75, 3.05) is 38.0 Å². The number of carbonyl (C=O) groups excluding carboxylic acids is 1. The lowest BCUT2D eigenvalue weighted by Crippen LogP contribution is -2.31. The molecule has 1 unspecified atom stereocenters. The first-order chi connectivity index (χ1) is 10.2. The molecule has 2 N–H and O–H groups in total. The van der Waals surface area contributed by atoms with E-state index in [0.29, 0.717) is 17.5 Å². The van der Waals surface area contributed by atoms with Crippen molar-refractivity contribution in [1.82, 2.24) is 10.2 Å². The normalized spacial score (nSPS) is 25.6. The summed E-state index contributed by atoms with van der Waals surface area (Å²) in [6, 6.07) is 6.01. The first-order valence-corrected chi connectivity index (χ1v) is 7.64. The van der Waals surface area contributed by atoms with E-state index in [-0.39, 0.29) is 11.7 Å². The van der Waals surface area contributed by atoms with Crippen LogP contribution < -0.4 is 10.6 Å². The quantitative estimate of drug-likeness (QED) is 0.889. The zero-order valence-corrected chi connectivity index (χ0v) is 12.2. The minimum atomic E-state index is -0.331. The number of nitrogens with zero attached hydrogens (tertiary/aromatic N) is 1. The topological polar surface area (TPSA) is 44.4 Å². The Bertz CT molecular complexity index is 514. The van der Waals surface area contributed by atoms with Crippen LogP contribution in [-0.2, 0) is 4.79 Å². The van der Waals surface area contributed by atoms with E-state index in [9.17, 15) is 9.18 Å². The van der Waals surface area contributed by atoms with Gasteiger partial charge < -0.3 is 15.5 Å². The Labute approximate surface area is 124 Å². The van der Waals surface area contributed by atoms with Gasteiger partial charge in [-0.05, 0) is 49.5 Å². The van der Waals surface area contributed by atoms with Crippen molar-refractivity contribution < 1.29 is 9.18 Å². The molecular formula is C16H22FN3O. The predicted octanol–water partition coefficient (Wildman–Crippen LogP) is 1.84. The molecule has 1 amide bonds. The molecular weight excluding hydrogens is 269 g/mol. The molecule has 0 saturated carbocycles. The van der Waals surface area contributed by atoms with Crippen LogP contribution in [0.5, 0.6) is 0 Å². The lowest BCUT2D eigenvalue weighted by Gasteiger charge is -2.22. The Hall–Kier alpha value is -1.46. The van der Waals surface area contributed by atoms with Crippen LogP contribution >= 0.6 is 0 Å². The van der Waals surface area contributed by atoms with Gasteiger partial charge in [-0.3, -0.25) is 4.79 Å². The van der Waals surface area contributed by atoms with Crippen molar-refractivity contribution in [3.63, 3.8) is 0 Å². The molecule has 2 heterocycles. The van der Waals surface area contributed by atoms with Crippen LogP contribution in [0.4, 0.5) is 10.1 Å². The van der Waals surface area contributed by atoms with Crippen molar-refractivity contribution in [3.05, 3.63) is 30.1 Å². The first kappa shape index (κ1) is 14.5. The highest BCUT2D eigenvalue weighted by Gasteiger charge is 2.39. The monoisotopic (exact) mass is 291 g/mol. The summed E-state index contributed by atoms with van der Waals surface area (Å²) in [5.74, 6) is -0.380. The number of nitrogens with one attached hydrogen (secondary N) is 2. The average Bonchev–Trinajstić information content (AvgIpc) is 3.07. The molecule has 3 rings (SSSR count). The molecule has 1 spiro atoms. The second-order valence-corrected chi connectivity index (χ2v) is 6.26. The average molecular weight is 291 g/mol. The number of carbonyl (C=O) groups is 1. The summed E-state index contributed by atoms with van der Waals surface area (Å²) in [5, 5.41) is 6.19. The van der Waals surface area contributed by atoms with Gasteiger partial charge in [-0.25, -0.2) is 4.39 Å². The standard InChI is InChI=1S/C16H22FN3O/c17-13-2-1-3-14(10-13)19-15(21)4-8-20-9-6-16(12-20)5-7-18-11-16/h1-3,10,18H,4-9,11-12H2,(H,19,21). The number of benzene rings is 1. The summed E-state index contributed by atoms with van der Waals surface area (Å²) in [7, 11) is 0. The van der Waals surface area contributed by atoms with Gasteiger partial charge in [-0.2, -0.15) is 0 Å². The summed E-state index contributed by atoms with van der Waals surface area (Å²) in [5.41, 5.74) is 0.969. The molecule has 0 radical (unpaired) electrons. The van der Waals surface area contributed by atoms with E-state index in [0.717, 1.165) is 32.7 Å². The second-order valence-electron chi connectivity index (χ2n) is 6.26. The third kappa shape index (κ3) is 3.60. The summed E-state index contributed by atoms with van der Waals surface area (Å²) in [6.07, 6.45) is 2.94. The number of amides is 1. The summed E-state index contributed by atoms with van der Waals surface area (Å²) in [4.78, 5) is 14.3. The third-order valence-corrected chi connectivity index (χ3v) is 4.61. The first-order valence-electron chi connectivity index (χ1n) is 7.64. The van der Waals surface area contributed by atoms with Gasteiger partial charge in [-0.15, -0.1) is 0 Å². The SMILES string of the molecule is O=C(CCN1CCC2(CCNC2)C1)Nc1cccc(F)c1. The molecule has 1 atom stereocenters. The smallest absolute Gasteiger partial charge is 0.225 e. The van der Waals surface area contributed by atoms with E-state index >= 15 is 0 Å². The van der Waals surface area contributed by atoms with Crippen LogP contribution in [0, 0.1) is 11.2 Å². The fraction of sp³-hybridized carbons (Fsp3) is 0.562. The van der Waals surface area contributed by atoms with Crippen molar-refractivity contribution in [1.29, 1.82) is 0 Å². The predicted molar refractivity (Wildman–Crippen MR) is 80.6 cm³/mol. The Kier molecular flexibility index (Phi) is 4.22. The highest BCUT2D eigenvalue weighted by Crippen LogP contribution is 2.35. The zero-order valence-electron chi connectivity index (χ0n) is 12.2. The number of rotatable bonds is 4. The number of anilines is 1. The molecule has 2 saturated heterocycles. The Morgan fingerprint density at radius 2 is 2.33 bits per heavy atom. The van der Waals surface area contributed by atoms with Crippen molar-refractivity contribution in [3.8, 4) is 0 Å². The lowest BCUT2D eigenvalue weighted by molar-refractivity contribution is -0.116. The molecule has 4 nitrogen and oxygen atoms in total. The maximum Gasteiger partial charge on any atom is 0.225 e. The number of hydrogen-bond acceptors (Lipinski definition) is 3. The maximum atomic E-state index is 13.1. The lowest BCUT2D eigenvalue weighted by atomic mass is 9.87. The van der Waals surface area contributed by atoms with Crippen LogP contribution in [0.25, 0.3) is 0 Å². The summed E-state index contributed by atoms with van der Waals surface area (Å²) in [6.45, 7) is 5.18. The Morgan fingerprint density at radius 1 is 1.43 bits per heavy atom. The van der Waals surface area contributed by atoms with Crippen molar-refractivity contribution in [2.45, 2.75) is 19.3 Å². The Balaban J connectivity index is 1.44. The fourth-order valence-corrected chi connectivity index (χ4v) is 3.41. The molecule has 0 aliphatic carbocycles. The molecule has 0 aromatic heterocycles. The van der Waals surface area contributed by atoms with E-state index in [1.807, 2.05) is 0 Å². The number of hydrogen-bond donors (Lipinski definition) is 2. The van der Waals surface area contributed by atoms with Crippen LogP contribution in [0.15, 0.2) is 24.3 Å². The Morgan fingerprint density at radius 3 is 3.10 bits per heavy atom. The second kappa shape index (κ2) is 6.12. The van der Waals surface area contributed by atoms with Gasteiger partial charge in [0, 0.05) is 31.7 Å². The van der Waals surface area contributed by atoms with Gasteiger partial charge in [0.05, 0.1) is 0 Å². The molecule has 21 heavy (non-hydrogen) atoms. The van der Waals surface area contributed by atoms with Crippen molar-refractivity contribution in [2.24, 2.45) is 5.41 Å². The molecule has 2 aliphatic rings. The van der Waals surface area contributed by atoms with E-state index in [4.69, 9.17) is 0 Å². The minimum absolute atomic E-state index is 0.0499. The molecule has 5 heteroatoms. The largest absolute Gasteiger partial charge is 0.326 e. The van der Waals surface area contributed by atoms with Crippen LogP contribution in [0.1, 0.15) is 19.3 Å². The summed E-state index contributed by atoms with van der Waals surface area (Å²) < 4.78 is 13.1. The van der Waals surface area contributed by atoms with Gasteiger partial charge in [0.2, 0.25) is 5.91 Å². The molecule has 114 valence electrons. The zero-order chi connectivity index (χ0) is 14.7. The highest BCUT2D eigenvalue weighted by atomic mass is 19.1. The van der Waals surface area contributed by atoms with Gasteiger partial charge in [-0.1, -0.05) is 6.07 Å². The maximum absolute atomic E-state index is 13.1. The van der Waals surface area contributed by atoms with E-state index in [1.54, 1.807) is 12.1 Å². The number of halogens is 1. The third-order valence-electron chi connectivity index (χ3n) is 4.61. The van der Waals surface area contributed by atoms with Crippen molar-refractivity contribution >= 4 is 11.6 Å². The molecule has 2 fully saturated rings. The van der Waals surface area contributed by atoms with Gasteiger partial charge in [0.15, 0.2) is 0 Å². The highest BCUT2D eigenvalue weighted by molar-refractivity contribution is 5.90. The molecule has 1 aromatic rings. The van der Waals surface area contributed by atoms with Gasteiger partial charge in [0.1, 0.15) is 5.82 Å². The van der Waals surface area contributed by atoms with Gasteiger partial charge >= 0.3 is 0 Å². The summed E-state index contributed by atoms with van der Waals surface area (Å²) >= 11 is 0. The van der Waals surface area contributed by atoms with E-state index in [1.165, 1.54) is 25.0 Å². The van der Waals surface area contributed by atoms with Crippen LogP contribution in [0.2, 0.25) is 0 Å². The molecule has 2 aliphatic heterocycles. The van der Waals surface area contributed by atoms with E-state index in [2.05, 4.69) is 15.5 Å². The van der Waals surface area contributed by atoms with E-state index < -0.39 is 0 Å². The molecule has 0 bridgehead atoms. The number of likely N-dealkylation sites (tertiary alicyclic amines) is 1. The fourth-order valence-electron chi connectivity index (χ4n) is 3.41. The van der Waals surface area contributed by atoms with Gasteiger partial charge in [0.25, 0.3) is 0 Å². The van der Waals surface area contributed by atoms with Crippen LogP contribution in [-0.4, -0.2) is 43.5 Å².